The SMILES string of the molecule is Cc1ccc(N2CCN(CC3CCN(C(=O)OC(C)(C)C)CC3)C(CO)C2)cc1. The largest absolute Gasteiger partial charge is 0.444 e. The van der Waals surface area contributed by atoms with E-state index in [-0.39, 0.29) is 18.7 Å². The van der Waals surface area contributed by atoms with Gasteiger partial charge in [-0.15, -0.1) is 0 Å². The van der Waals surface area contributed by atoms with E-state index in [0.29, 0.717) is 5.92 Å². The van der Waals surface area contributed by atoms with E-state index in [2.05, 4.69) is 41.0 Å². The lowest BCUT2D eigenvalue weighted by molar-refractivity contribution is 0.0149. The summed E-state index contributed by atoms with van der Waals surface area (Å²) in [5.41, 5.74) is 2.06. The third-order valence-electron chi connectivity index (χ3n) is 5.97. The maximum atomic E-state index is 12.3. The van der Waals surface area contributed by atoms with Crippen molar-refractivity contribution in [3.8, 4) is 0 Å². The minimum absolute atomic E-state index is 0.161. The molecule has 1 atom stereocenters. The number of piperazine rings is 1. The van der Waals surface area contributed by atoms with Crippen LogP contribution in [0, 0.1) is 12.8 Å². The van der Waals surface area contributed by atoms with Crippen LogP contribution in [0.3, 0.4) is 0 Å². The fraction of sp³-hybridized carbons (Fsp3) is 0.696. The van der Waals surface area contributed by atoms with Crippen LogP contribution in [0.15, 0.2) is 24.3 Å². The Labute approximate surface area is 175 Å². The molecule has 0 saturated carbocycles. The number of hydrogen-bond donors (Lipinski definition) is 1. The smallest absolute Gasteiger partial charge is 0.410 e. The van der Waals surface area contributed by atoms with E-state index < -0.39 is 5.60 Å². The van der Waals surface area contributed by atoms with Gasteiger partial charge in [-0.05, 0) is 58.6 Å². The first-order chi connectivity index (χ1) is 13.7. The van der Waals surface area contributed by atoms with Crippen LogP contribution in [0.5, 0.6) is 0 Å². The Balaban J connectivity index is 1.48. The number of benzene rings is 1. The van der Waals surface area contributed by atoms with E-state index in [1.165, 1.54) is 11.3 Å². The second-order valence-electron chi connectivity index (χ2n) is 9.52. The van der Waals surface area contributed by atoms with Gasteiger partial charge in [-0.25, -0.2) is 4.79 Å². The second-order valence-corrected chi connectivity index (χ2v) is 9.52. The molecule has 0 bridgehead atoms. The van der Waals surface area contributed by atoms with Gasteiger partial charge in [-0.2, -0.15) is 0 Å². The van der Waals surface area contributed by atoms with Crippen LogP contribution in [0.25, 0.3) is 0 Å². The lowest BCUT2D eigenvalue weighted by Gasteiger charge is -2.44. The van der Waals surface area contributed by atoms with Crippen LogP contribution < -0.4 is 4.90 Å². The molecule has 2 heterocycles. The van der Waals surface area contributed by atoms with Crippen LogP contribution in [0.1, 0.15) is 39.2 Å². The standard InChI is InChI=1S/C23H37N3O3/c1-18-5-7-20(8-6-18)26-14-13-25(21(16-26)17-27)15-19-9-11-24(12-10-19)22(28)29-23(2,3)4/h5-8,19,21,27H,9-17H2,1-4H3. The Morgan fingerprint density at radius 1 is 1.10 bits per heavy atom. The molecule has 1 aromatic carbocycles. The van der Waals surface area contributed by atoms with E-state index in [9.17, 15) is 9.90 Å². The molecule has 1 amide bonds. The van der Waals surface area contributed by atoms with Gasteiger partial charge >= 0.3 is 6.09 Å². The van der Waals surface area contributed by atoms with Gasteiger partial charge in [0.05, 0.1) is 12.6 Å². The number of anilines is 1. The summed E-state index contributed by atoms with van der Waals surface area (Å²) < 4.78 is 5.50. The van der Waals surface area contributed by atoms with Crippen LogP contribution >= 0.6 is 0 Å². The van der Waals surface area contributed by atoms with Gasteiger partial charge < -0.3 is 19.6 Å². The molecular weight excluding hydrogens is 366 g/mol. The monoisotopic (exact) mass is 403 g/mol. The van der Waals surface area contributed by atoms with Crippen molar-refractivity contribution in [2.24, 2.45) is 5.92 Å². The molecule has 162 valence electrons. The number of ether oxygens (including phenoxy) is 1. The summed E-state index contributed by atoms with van der Waals surface area (Å²) in [5, 5.41) is 9.98. The lowest BCUT2D eigenvalue weighted by atomic mass is 9.95. The average molecular weight is 404 g/mol. The molecule has 0 spiro atoms. The predicted octanol–water partition coefficient (Wildman–Crippen LogP) is 3.13. The summed E-state index contributed by atoms with van der Waals surface area (Å²) in [5.74, 6) is 0.564. The third-order valence-corrected chi connectivity index (χ3v) is 5.97. The Kier molecular flexibility index (Phi) is 7.06. The average Bonchev–Trinajstić information content (AvgIpc) is 2.68. The van der Waals surface area contributed by atoms with Crippen molar-refractivity contribution in [3.63, 3.8) is 0 Å². The highest BCUT2D eigenvalue weighted by Crippen LogP contribution is 2.24. The number of nitrogens with zero attached hydrogens (tertiary/aromatic N) is 3. The lowest BCUT2D eigenvalue weighted by Crippen LogP contribution is -2.56. The van der Waals surface area contributed by atoms with Gasteiger partial charge in [0.2, 0.25) is 0 Å². The van der Waals surface area contributed by atoms with E-state index in [4.69, 9.17) is 4.74 Å². The maximum absolute atomic E-state index is 12.3. The summed E-state index contributed by atoms with van der Waals surface area (Å²) in [6.07, 6.45) is 1.79. The molecule has 6 nitrogen and oxygen atoms in total. The number of likely N-dealkylation sites (tertiary alicyclic amines) is 1. The van der Waals surface area contributed by atoms with Gasteiger partial charge in [0.25, 0.3) is 0 Å². The Hall–Kier alpha value is -1.79. The quantitative estimate of drug-likeness (QED) is 0.837. The summed E-state index contributed by atoms with van der Waals surface area (Å²) in [6, 6.07) is 8.80. The zero-order chi connectivity index (χ0) is 21.0. The van der Waals surface area contributed by atoms with E-state index in [1.807, 2.05) is 25.7 Å². The van der Waals surface area contributed by atoms with Crippen LogP contribution in [-0.4, -0.2) is 78.5 Å². The van der Waals surface area contributed by atoms with E-state index in [1.54, 1.807) is 0 Å². The third kappa shape index (κ3) is 6.09. The van der Waals surface area contributed by atoms with Crippen molar-refractivity contribution in [2.75, 3.05) is 50.8 Å². The molecule has 0 aliphatic carbocycles. The normalized spacial score (nSPS) is 22.0. The molecule has 29 heavy (non-hydrogen) atoms. The van der Waals surface area contributed by atoms with Crippen molar-refractivity contribution in [1.29, 1.82) is 0 Å². The molecule has 0 radical (unpaired) electrons. The van der Waals surface area contributed by atoms with Crippen molar-refractivity contribution in [1.82, 2.24) is 9.80 Å². The summed E-state index contributed by atoms with van der Waals surface area (Å²) in [6.45, 7) is 13.3. The molecule has 1 N–H and O–H groups in total. The second kappa shape index (κ2) is 9.35. The van der Waals surface area contributed by atoms with Gasteiger partial charge in [-0.3, -0.25) is 4.90 Å². The highest BCUT2D eigenvalue weighted by Gasteiger charge is 2.31. The Bertz CT molecular complexity index is 663. The maximum Gasteiger partial charge on any atom is 0.410 e. The first-order valence-electron chi connectivity index (χ1n) is 10.9. The number of aliphatic hydroxyl groups excluding tert-OH is 1. The summed E-state index contributed by atoms with van der Waals surface area (Å²) >= 11 is 0. The first kappa shape index (κ1) is 21.9. The molecule has 2 saturated heterocycles. The minimum atomic E-state index is -0.445. The number of amides is 1. The fourth-order valence-corrected chi connectivity index (χ4v) is 4.25. The number of carbonyl (C=O) groups is 1. The fourth-order valence-electron chi connectivity index (χ4n) is 4.25. The van der Waals surface area contributed by atoms with Gasteiger partial charge in [0.1, 0.15) is 5.60 Å². The highest BCUT2D eigenvalue weighted by molar-refractivity contribution is 5.68. The van der Waals surface area contributed by atoms with Gasteiger partial charge in [0.15, 0.2) is 0 Å². The number of hydrogen-bond acceptors (Lipinski definition) is 5. The van der Waals surface area contributed by atoms with Crippen molar-refractivity contribution >= 4 is 11.8 Å². The molecule has 3 rings (SSSR count). The zero-order valence-electron chi connectivity index (χ0n) is 18.4. The van der Waals surface area contributed by atoms with Crippen molar-refractivity contribution in [2.45, 2.75) is 52.2 Å². The van der Waals surface area contributed by atoms with Crippen LogP contribution in [-0.2, 0) is 4.74 Å². The van der Waals surface area contributed by atoms with Crippen LogP contribution in [0.2, 0.25) is 0 Å². The summed E-state index contributed by atoms with van der Waals surface area (Å²) in [4.78, 5) is 18.9. The van der Waals surface area contributed by atoms with Gasteiger partial charge in [-0.1, -0.05) is 17.7 Å². The number of rotatable bonds is 4. The Morgan fingerprint density at radius 3 is 2.34 bits per heavy atom. The molecule has 0 aromatic heterocycles. The molecule has 1 aromatic rings. The number of aryl methyl sites for hydroxylation is 1. The van der Waals surface area contributed by atoms with Crippen LogP contribution in [0.4, 0.5) is 10.5 Å². The molecular formula is C23H37N3O3. The topological polar surface area (TPSA) is 56.2 Å². The first-order valence-corrected chi connectivity index (χ1v) is 10.9. The van der Waals surface area contributed by atoms with Crippen molar-refractivity contribution < 1.29 is 14.6 Å². The van der Waals surface area contributed by atoms with E-state index in [0.717, 1.165) is 52.1 Å². The number of carbonyl (C=O) groups excluding carboxylic acids is 1. The highest BCUT2D eigenvalue weighted by atomic mass is 16.6. The molecule has 2 aliphatic heterocycles. The molecule has 2 fully saturated rings. The zero-order valence-corrected chi connectivity index (χ0v) is 18.4. The molecule has 1 unspecified atom stereocenters. The minimum Gasteiger partial charge on any atom is -0.444 e. The van der Waals surface area contributed by atoms with Crippen molar-refractivity contribution in [3.05, 3.63) is 29.8 Å². The molecule has 6 heteroatoms. The molecule has 2 aliphatic rings. The summed E-state index contributed by atoms with van der Waals surface area (Å²) in [7, 11) is 0. The van der Waals surface area contributed by atoms with Gasteiger partial charge in [0, 0.05) is 45.0 Å². The predicted molar refractivity (Wildman–Crippen MR) is 116 cm³/mol. The van der Waals surface area contributed by atoms with E-state index >= 15 is 0 Å². The Morgan fingerprint density at radius 2 is 1.76 bits per heavy atom. The number of aliphatic hydroxyl groups is 1. The number of piperidine rings is 1.